The van der Waals surface area contributed by atoms with Crippen molar-refractivity contribution in [2.45, 2.75) is 30.8 Å². The molecule has 0 heterocycles. The van der Waals surface area contributed by atoms with Crippen molar-refractivity contribution in [3.63, 3.8) is 0 Å². The molecule has 4 aromatic carbocycles. The lowest BCUT2D eigenvalue weighted by Gasteiger charge is -2.21. The van der Waals surface area contributed by atoms with E-state index in [9.17, 15) is 39.6 Å². The summed E-state index contributed by atoms with van der Waals surface area (Å²) in [6.45, 7) is -2.95. The van der Waals surface area contributed by atoms with Crippen LogP contribution in [0.25, 0.3) is 21.5 Å². The number of aliphatic hydroxyl groups excluding tert-OH is 4. The maximum absolute atomic E-state index is 11.5. The minimum Gasteiger partial charge on any atom is -0.491 e. The molecule has 4 aromatic rings. The Bertz CT molecular complexity index is 2200. The van der Waals surface area contributed by atoms with E-state index in [0.29, 0.717) is 44.2 Å². The van der Waals surface area contributed by atoms with Gasteiger partial charge in [0.2, 0.25) is 0 Å². The fourth-order valence-corrected chi connectivity index (χ4v) is 5.48. The van der Waals surface area contributed by atoms with Crippen molar-refractivity contribution in [2.75, 3.05) is 52.9 Å². The summed E-state index contributed by atoms with van der Waals surface area (Å²) in [5.74, 6) is 4.49. The van der Waals surface area contributed by atoms with Crippen molar-refractivity contribution < 1.29 is 77.5 Å². The number of terminal acetylenes is 4. The molecule has 16 nitrogen and oxygen atoms in total. The molecule has 4 N–H and O–H groups in total. The number of rotatable bonds is 22. The molecule has 61 heavy (non-hydrogen) atoms. The summed E-state index contributed by atoms with van der Waals surface area (Å²) in [5.41, 5.74) is 1.05. The molecule has 0 radical (unpaired) electrons. The predicted molar refractivity (Wildman–Crippen MR) is 216 cm³/mol. The maximum Gasteiger partial charge on any atom is 0.384 e. The van der Waals surface area contributed by atoms with Gasteiger partial charge in [0.1, 0.15) is 100 Å². The molecular formula is C45H40O16. The van der Waals surface area contributed by atoms with Gasteiger partial charge in [-0.2, -0.15) is 0 Å². The molecule has 4 atom stereocenters. The SMILES string of the molecule is C#CC(=O)OCC(O)COc1ccc2ccc(OCC(O)COC(=O)C#C)c(Cc3c(OCC(O)COC(=O)C#C)ccc4ccc(OCC(O)COC(=O)C#C)cc34)c2c1. The van der Waals surface area contributed by atoms with Gasteiger partial charge >= 0.3 is 23.9 Å². The second-order valence-electron chi connectivity index (χ2n) is 12.9. The molecule has 0 aromatic heterocycles. The Morgan fingerprint density at radius 2 is 0.738 bits per heavy atom. The van der Waals surface area contributed by atoms with Crippen molar-refractivity contribution in [1.29, 1.82) is 0 Å². The van der Waals surface area contributed by atoms with Gasteiger partial charge in [0.15, 0.2) is 0 Å². The highest BCUT2D eigenvalue weighted by molar-refractivity contribution is 5.93. The van der Waals surface area contributed by atoms with Crippen LogP contribution in [-0.4, -0.2) is 122 Å². The lowest BCUT2D eigenvalue weighted by Crippen LogP contribution is -2.25. The van der Waals surface area contributed by atoms with E-state index < -0.39 is 74.7 Å². The van der Waals surface area contributed by atoms with E-state index in [1.54, 1.807) is 84.3 Å². The number of carbonyl (C=O) groups is 4. The first-order valence-electron chi connectivity index (χ1n) is 18.2. The molecular weight excluding hydrogens is 796 g/mol. The monoisotopic (exact) mass is 836 g/mol. The maximum atomic E-state index is 11.5. The van der Waals surface area contributed by atoms with Crippen LogP contribution in [0, 0.1) is 49.4 Å². The van der Waals surface area contributed by atoms with E-state index in [1.165, 1.54) is 0 Å². The van der Waals surface area contributed by atoms with E-state index >= 15 is 0 Å². The molecule has 0 spiro atoms. The fourth-order valence-electron chi connectivity index (χ4n) is 5.48. The molecule has 0 saturated carbocycles. The quantitative estimate of drug-likeness (QED) is 0.0379. The summed E-state index contributed by atoms with van der Waals surface area (Å²) < 4.78 is 43.2. The van der Waals surface area contributed by atoms with Crippen LogP contribution in [0.1, 0.15) is 11.1 Å². The van der Waals surface area contributed by atoms with E-state index in [0.717, 1.165) is 0 Å². The third-order valence-corrected chi connectivity index (χ3v) is 8.32. The summed E-state index contributed by atoms with van der Waals surface area (Å²) in [6, 6.07) is 17.0. The molecule has 4 rings (SSSR count). The van der Waals surface area contributed by atoms with Gasteiger partial charge in [-0.3, -0.25) is 0 Å². The van der Waals surface area contributed by atoms with Crippen molar-refractivity contribution in [1.82, 2.24) is 0 Å². The average molecular weight is 837 g/mol. The average Bonchev–Trinajstić information content (AvgIpc) is 3.28. The lowest BCUT2D eigenvalue weighted by atomic mass is 9.93. The number of hydrogen-bond acceptors (Lipinski definition) is 16. The summed E-state index contributed by atoms with van der Waals surface area (Å²) in [5, 5.41) is 44.5. The molecule has 16 heteroatoms. The van der Waals surface area contributed by atoms with Crippen molar-refractivity contribution >= 4 is 45.4 Å². The Morgan fingerprint density at radius 1 is 0.443 bits per heavy atom. The summed E-state index contributed by atoms with van der Waals surface area (Å²) in [4.78, 5) is 45.7. The van der Waals surface area contributed by atoms with Crippen molar-refractivity contribution in [3.05, 3.63) is 71.8 Å². The van der Waals surface area contributed by atoms with E-state index in [4.69, 9.17) is 63.6 Å². The third-order valence-electron chi connectivity index (χ3n) is 8.32. The van der Waals surface area contributed by atoms with Gasteiger partial charge in [0, 0.05) is 41.2 Å². The Balaban J connectivity index is 1.78. The summed E-state index contributed by atoms with van der Waals surface area (Å²) in [7, 11) is 0. The van der Waals surface area contributed by atoms with Crippen LogP contribution in [0.4, 0.5) is 0 Å². The van der Waals surface area contributed by atoms with Gasteiger partial charge < -0.3 is 58.3 Å². The number of carbonyl (C=O) groups excluding carboxylic acids is 4. The first-order valence-corrected chi connectivity index (χ1v) is 18.2. The normalized spacial score (nSPS) is 12.5. The first kappa shape index (κ1) is 46.3. The van der Waals surface area contributed by atoms with E-state index in [2.05, 4.69) is 0 Å². The second kappa shape index (κ2) is 23.2. The largest absolute Gasteiger partial charge is 0.491 e. The predicted octanol–water partition coefficient (Wildman–Crippen LogP) is 1.25. The molecule has 0 saturated heterocycles. The van der Waals surface area contributed by atoms with Gasteiger partial charge in [-0.1, -0.05) is 24.3 Å². The van der Waals surface area contributed by atoms with E-state index in [1.807, 2.05) is 0 Å². The van der Waals surface area contributed by atoms with Gasteiger partial charge in [0.05, 0.1) is 0 Å². The molecule has 0 bridgehead atoms. The number of aliphatic hydroxyl groups is 4. The van der Waals surface area contributed by atoms with Gasteiger partial charge in [0.25, 0.3) is 0 Å². The van der Waals surface area contributed by atoms with Gasteiger partial charge in [-0.15, -0.1) is 25.7 Å². The first-order chi connectivity index (χ1) is 29.3. The zero-order chi connectivity index (χ0) is 44.3. The fraction of sp³-hybridized carbons (Fsp3) is 0.289. The minimum absolute atomic E-state index is 0.0337. The number of hydrogen-bond donors (Lipinski definition) is 4. The van der Waals surface area contributed by atoms with E-state index in [-0.39, 0.29) is 44.3 Å². The Labute approximate surface area is 350 Å². The number of esters is 4. The third kappa shape index (κ3) is 14.4. The van der Waals surface area contributed by atoms with Crippen LogP contribution < -0.4 is 18.9 Å². The zero-order valence-electron chi connectivity index (χ0n) is 32.4. The van der Waals surface area contributed by atoms with Crippen molar-refractivity contribution in [3.8, 4) is 72.4 Å². The Kier molecular flexibility index (Phi) is 17.6. The van der Waals surface area contributed by atoms with Crippen LogP contribution in [0.3, 0.4) is 0 Å². The molecule has 4 unspecified atom stereocenters. The molecule has 0 aliphatic rings. The van der Waals surface area contributed by atoms with Crippen LogP contribution in [-0.2, 0) is 44.5 Å². The highest BCUT2D eigenvalue weighted by Gasteiger charge is 2.20. The second-order valence-corrected chi connectivity index (χ2v) is 12.9. The molecule has 0 fully saturated rings. The highest BCUT2D eigenvalue weighted by Crippen LogP contribution is 2.38. The molecule has 0 aliphatic heterocycles. The molecule has 316 valence electrons. The number of fused-ring (bicyclic) bond motifs is 2. The number of ether oxygens (including phenoxy) is 8. The van der Waals surface area contributed by atoms with Crippen LogP contribution >= 0.6 is 0 Å². The highest BCUT2D eigenvalue weighted by atomic mass is 16.6. The summed E-state index contributed by atoms with van der Waals surface area (Å²) >= 11 is 0. The van der Waals surface area contributed by atoms with Crippen molar-refractivity contribution in [2.24, 2.45) is 0 Å². The van der Waals surface area contributed by atoms with Crippen LogP contribution in [0.5, 0.6) is 23.0 Å². The molecule has 0 amide bonds. The minimum atomic E-state index is -1.28. The lowest BCUT2D eigenvalue weighted by molar-refractivity contribution is -0.140. The van der Waals surface area contributed by atoms with Gasteiger partial charge in [-0.05, 0) is 57.9 Å². The topological polar surface area (TPSA) is 223 Å². The number of benzene rings is 4. The van der Waals surface area contributed by atoms with Crippen LogP contribution in [0.15, 0.2) is 60.7 Å². The Hall–Kier alpha value is -7.44. The van der Waals surface area contributed by atoms with Crippen LogP contribution in [0.2, 0.25) is 0 Å². The molecule has 0 aliphatic carbocycles. The van der Waals surface area contributed by atoms with Gasteiger partial charge in [-0.25, -0.2) is 19.2 Å². The Morgan fingerprint density at radius 3 is 1.05 bits per heavy atom. The zero-order valence-corrected chi connectivity index (χ0v) is 32.4. The summed E-state index contributed by atoms with van der Waals surface area (Å²) in [6.07, 6.45) is 15.2. The standard InChI is InChI=1S/C45H40O16/c1-5-42(50)58-24-30(46)20-54-34-13-9-28-11-15-40(56-22-32(48)26-60-44(52)7-3)38(36(28)17-34)19-39-37-18-35(55-21-31(47)25-59-43(51)6-2)14-10-29(37)12-16-41(39)57-23-33(49)27-61-45(53)8-4/h1-4,9-18,30-33,46-49H,19-27H2. The smallest absolute Gasteiger partial charge is 0.384 e.